The third-order valence-corrected chi connectivity index (χ3v) is 5.18. The summed E-state index contributed by atoms with van der Waals surface area (Å²) >= 11 is 0. The molecule has 0 bridgehead atoms. The van der Waals surface area contributed by atoms with Gasteiger partial charge in [0.1, 0.15) is 5.82 Å². The summed E-state index contributed by atoms with van der Waals surface area (Å²) < 4.78 is 13.4. The second-order valence-electron chi connectivity index (χ2n) is 6.95. The first-order valence-corrected chi connectivity index (χ1v) is 8.87. The van der Waals surface area contributed by atoms with Crippen LogP contribution in [0.1, 0.15) is 40.4 Å². The first-order valence-electron chi connectivity index (χ1n) is 8.87. The molecule has 2 heterocycles. The highest BCUT2D eigenvalue weighted by Crippen LogP contribution is 2.45. The van der Waals surface area contributed by atoms with E-state index in [-0.39, 0.29) is 11.7 Å². The number of benzene rings is 2. The normalized spacial score (nSPS) is 15.7. The van der Waals surface area contributed by atoms with E-state index < -0.39 is 0 Å². The monoisotopic (exact) mass is 344 g/mol. The SMILES string of the molecule is O=C1NCc2cc(-c3cccnc3C3CC3)c(-c3ccc(F)cc3)cc21. The molecular formula is C22H17FN2O. The van der Waals surface area contributed by atoms with Crippen molar-refractivity contribution in [2.24, 2.45) is 0 Å². The molecule has 0 atom stereocenters. The van der Waals surface area contributed by atoms with Crippen molar-refractivity contribution >= 4 is 5.91 Å². The van der Waals surface area contributed by atoms with Crippen LogP contribution < -0.4 is 5.32 Å². The van der Waals surface area contributed by atoms with E-state index in [1.54, 1.807) is 12.1 Å². The number of amides is 1. The minimum absolute atomic E-state index is 0.0523. The van der Waals surface area contributed by atoms with Crippen molar-refractivity contribution in [1.82, 2.24) is 10.3 Å². The van der Waals surface area contributed by atoms with E-state index in [1.807, 2.05) is 18.3 Å². The maximum absolute atomic E-state index is 13.4. The summed E-state index contributed by atoms with van der Waals surface area (Å²) in [5.41, 5.74) is 6.82. The van der Waals surface area contributed by atoms with Crippen molar-refractivity contribution in [3.8, 4) is 22.3 Å². The van der Waals surface area contributed by atoms with Gasteiger partial charge in [-0.2, -0.15) is 0 Å². The molecule has 0 spiro atoms. The number of nitrogens with zero attached hydrogens (tertiary/aromatic N) is 1. The Kier molecular flexibility index (Phi) is 3.38. The number of aromatic nitrogens is 1. The smallest absolute Gasteiger partial charge is 0.251 e. The van der Waals surface area contributed by atoms with Crippen LogP contribution in [0, 0.1) is 5.82 Å². The van der Waals surface area contributed by atoms with Gasteiger partial charge in [-0.15, -0.1) is 0 Å². The topological polar surface area (TPSA) is 42.0 Å². The third kappa shape index (κ3) is 2.49. The maximum Gasteiger partial charge on any atom is 0.251 e. The average Bonchev–Trinajstić information content (AvgIpc) is 3.46. The summed E-state index contributed by atoms with van der Waals surface area (Å²) in [6.07, 6.45) is 4.18. The molecule has 26 heavy (non-hydrogen) atoms. The number of nitrogens with one attached hydrogen (secondary N) is 1. The van der Waals surface area contributed by atoms with Crippen LogP contribution in [0.4, 0.5) is 4.39 Å². The molecule has 3 aromatic rings. The Hall–Kier alpha value is -3.01. The molecule has 1 aromatic heterocycles. The lowest BCUT2D eigenvalue weighted by Gasteiger charge is -2.15. The number of rotatable bonds is 3. The van der Waals surface area contributed by atoms with Crippen molar-refractivity contribution in [2.45, 2.75) is 25.3 Å². The zero-order valence-electron chi connectivity index (χ0n) is 14.1. The molecule has 0 saturated heterocycles. The van der Waals surface area contributed by atoms with E-state index in [4.69, 9.17) is 0 Å². The van der Waals surface area contributed by atoms with Crippen LogP contribution >= 0.6 is 0 Å². The molecule has 1 amide bonds. The summed E-state index contributed by atoms with van der Waals surface area (Å²) in [5, 5.41) is 2.89. The molecule has 1 saturated carbocycles. The minimum Gasteiger partial charge on any atom is -0.348 e. The number of hydrogen-bond acceptors (Lipinski definition) is 2. The number of halogens is 1. The minimum atomic E-state index is -0.269. The van der Waals surface area contributed by atoms with Crippen LogP contribution in [0.25, 0.3) is 22.3 Å². The van der Waals surface area contributed by atoms with E-state index in [1.165, 1.54) is 25.0 Å². The first-order chi connectivity index (χ1) is 12.7. The van der Waals surface area contributed by atoms with Crippen LogP contribution in [0.3, 0.4) is 0 Å². The molecule has 0 unspecified atom stereocenters. The Morgan fingerprint density at radius 1 is 0.962 bits per heavy atom. The van der Waals surface area contributed by atoms with Crippen LogP contribution in [0.2, 0.25) is 0 Å². The van der Waals surface area contributed by atoms with E-state index in [9.17, 15) is 9.18 Å². The third-order valence-electron chi connectivity index (χ3n) is 5.18. The number of carbonyl (C=O) groups is 1. The van der Waals surface area contributed by atoms with Gasteiger partial charge in [0.25, 0.3) is 5.91 Å². The Morgan fingerprint density at radius 2 is 1.77 bits per heavy atom. The molecule has 3 nitrogen and oxygen atoms in total. The van der Waals surface area contributed by atoms with E-state index >= 15 is 0 Å². The summed E-state index contributed by atoms with van der Waals surface area (Å²) in [6.45, 7) is 0.546. The molecule has 4 heteroatoms. The van der Waals surface area contributed by atoms with Crippen molar-refractivity contribution < 1.29 is 9.18 Å². The van der Waals surface area contributed by atoms with Gasteiger partial charge in [-0.3, -0.25) is 9.78 Å². The van der Waals surface area contributed by atoms with Crippen LogP contribution in [-0.2, 0) is 6.54 Å². The van der Waals surface area contributed by atoms with E-state index in [0.717, 1.165) is 33.5 Å². The number of hydrogen-bond donors (Lipinski definition) is 1. The fourth-order valence-corrected chi connectivity index (χ4v) is 3.69. The van der Waals surface area contributed by atoms with Gasteiger partial charge < -0.3 is 5.32 Å². The number of pyridine rings is 1. The summed E-state index contributed by atoms with van der Waals surface area (Å²) in [4.78, 5) is 16.8. The molecule has 1 aliphatic heterocycles. The molecule has 0 radical (unpaired) electrons. The number of carbonyl (C=O) groups excluding carboxylic acids is 1. The zero-order valence-corrected chi connectivity index (χ0v) is 14.1. The zero-order chi connectivity index (χ0) is 17.7. The van der Waals surface area contributed by atoms with Crippen molar-refractivity contribution in [3.63, 3.8) is 0 Å². The Balaban J connectivity index is 1.76. The summed E-state index contributed by atoms with van der Waals surface area (Å²) in [5.74, 6) is 0.193. The van der Waals surface area contributed by atoms with Crippen LogP contribution in [0.5, 0.6) is 0 Å². The van der Waals surface area contributed by atoms with Gasteiger partial charge in [0.15, 0.2) is 0 Å². The van der Waals surface area contributed by atoms with Crippen LogP contribution in [0.15, 0.2) is 54.7 Å². The lowest BCUT2D eigenvalue weighted by Crippen LogP contribution is -2.12. The highest BCUT2D eigenvalue weighted by atomic mass is 19.1. The molecule has 1 N–H and O–H groups in total. The highest BCUT2D eigenvalue weighted by Gasteiger charge is 2.29. The molecule has 2 aromatic carbocycles. The molecule has 2 aliphatic rings. The van der Waals surface area contributed by atoms with Gasteiger partial charge in [0.2, 0.25) is 0 Å². The second kappa shape index (κ2) is 5.77. The lowest BCUT2D eigenvalue weighted by atomic mass is 9.89. The first kappa shape index (κ1) is 15.3. The predicted octanol–water partition coefficient (Wildman–Crippen LogP) is 4.68. The summed E-state index contributed by atoms with van der Waals surface area (Å²) in [7, 11) is 0. The van der Waals surface area contributed by atoms with Gasteiger partial charge >= 0.3 is 0 Å². The molecule has 5 rings (SSSR count). The average molecular weight is 344 g/mol. The van der Waals surface area contributed by atoms with E-state index in [0.29, 0.717) is 18.0 Å². The van der Waals surface area contributed by atoms with Gasteiger partial charge in [-0.1, -0.05) is 18.2 Å². The number of fused-ring (bicyclic) bond motifs is 1. The van der Waals surface area contributed by atoms with E-state index in [2.05, 4.69) is 22.4 Å². The molecular weight excluding hydrogens is 327 g/mol. The maximum atomic E-state index is 13.4. The fourth-order valence-electron chi connectivity index (χ4n) is 3.69. The molecule has 1 fully saturated rings. The van der Waals surface area contributed by atoms with Crippen LogP contribution in [-0.4, -0.2) is 10.9 Å². The second-order valence-corrected chi connectivity index (χ2v) is 6.95. The van der Waals surface area contributed by atoms with Crippen molar-refractivity contribution in [1.29, 1.82) is 0 Å². The fraction of sp³-hybridized carbons (Fsp3) is 0.182. The lowest BCUT2D eigenvalue weighted by molar-refractivity contribution is 0.0966. The van der Waals surface area contributed by atoms with Crippen molar-refractivity contribution in [2.75, 3.05) is 0 Å². The van der Waals surface area contributed by atoms with Gasteiger partial charge in [0.05, 0.1) is 5.69 Å². The Bertz CT molecular complexity index is 1020. The largest absolute Gasteiger partial charge is 0.348 e. The quantitative estimate of drug-likeness (QED) is 0.750. The summed E-state index contributed by atoms with van der Waals surface area (Å²) in [6, 6.07) is 14.5. The molecule has 128 valence electrons. The van der Waals surface area contributed by atoms with Gasteiger partial charge in [-0.05, 0) is 65.4 Å². The predicted molar refractivity (Wildman–Crippen MR) is 98.2 cm³/mol. The standard InChI is InChI=1S/C22H17FN2O/c23-16-7-5-13(6-8-16)18-11-19-15(12-25-22(19)26)10-20(18)17-2-1-9-24-21(17)14-3-4-14/h1-2,5-11,14H,3-4,12H2,(H,25,26). The van der Waals surface area contributed by atoms with Crippen molar-refractivity contribution in [3.05, 3.63) is 77.4 Å². The Morgan fingerprint density at radius 3 is 2.54 bits per heavy atom. The molecule has 1 aliphatic carbocycles. The van der Waals surface area contributed by atoms with Gasteiger partial charge in [0, 0.05) is 29.8 Å². The Labute approximate surface area is 150 Å². The van der Waals surface area contributed by atoms with Gasteiger partial charge in [-0.25, -0.2) is 4.39 Å². The highest BCUT2D eigenvalue weighted by molar-refractivity contribution is 6.01.